The van der Waals surface area contributed by atoms with Gasteiger partial charge in [-0.1, -0.05) is 178 Å². The Labute approximate surface area is 806 Å². The first-order valence-corrected chi connectivity index (χ1v) is 35.5. The van der Waals surface area contributed by atoms with E-state index in [4.69, 9.17) is 9.59 Å². The Morgan fingerprint density at radius 1 is 0.437 bits per heavy atom. The largest absolute Gasteiger partial charge is 1.00 e. The number of aliphatic carboxylic acids is 1. The number of unbranched alkanes of at least 4 members (excludes halogenated alkanes) is 6. The summed E-state index contributed by atoms with van der Waals surface area (Å²) < 4.78 is 0. The number of hydrogen-bond acceptors (Lipinski definition) is 19. The number of aryl methyl sites for hydroxylation is 14. The molecule has 1 aliphatic rings. The monoisotopic (exact) mass is 1550 g/mol. The van der Waals surface area contributed by atoms with Gasteiger partial charge >= 0.3 is 176 Å². The zero-order chi connectivity index (χ0) is 81.1. The molecule has 12 rings (SSSR count). The number of aromatic amines is 2. The molecule has 580 valence electrons. The molecule has 11 aromatic rings. The quantitative estimate of drug-likeness (QED) is 0.0349. The van der Waals surface area contributed by atoms with Crippen LogP contribution in [0.25, 0.3) is 43.7 Å². The van der Waals surface area contributed by atoms with Crippen molar-refractivity contribution in [2.45, 2.75) is 173 Å². The van der Waals surface area contributed by atoms with Crippen LogP contribution in [0.5, 0.6) is 0 Å². The number of aromatic carboxylic acids is 6. The van der Waals surface area contributed by atoms with Gasteiger partial charge in [0.2, 0.25) is 0 Å². The molecule has 30 heteroatoms. The van der Waals surface area contributed by atoms with Crippen LogP contribution in [0.4, 0.5) is 0 Å². The van der Waals surface area contributed by atoms with Gasteiger partial charge in [-0.3, -0.25) is 0 Å². The maximum Gasteiger partial charge on any atom is 1.00 e. The normalized spacial score (nSPS) is 10.1. The van der Waals surface area contributed by atoms with Crippen LogP contribution in [0.1, 0.15) is 222 Å². The summed E-state index contributed by atoms with van der Waals surface area (Å²) in [5, 5.41) is 78.4. The number of imidazole rings is 2. The zero-order valence-electron chi connectivity index (χ0n) is 73.6. The van der Waals surface area contributed by atoms with Crippen LogP contribution in [0, 0.1) is 110 Å². The van der Waals surface area contributed by atoms with Crippen molar-refractivity contribution in [3.8, 4) is 11.1 Å². The van der Waals surface area contributed by atoms with Crippen LogP contribution < -0.4 is 205 Å². The summed E-state index contributed by atoms with van der Waals surface area (Å²) in [6, 6.07) is 45.1. The number of benzene rings is 9. The number of carboxylic acid groups (broad SMARTS) is 7. The third-order valence-electron chi connectivity index (χ3n) is 18.8. The maximum atomic E-state index is 11.0. The second-order valence-corrected chi connectivity index (χ2v) is 27.2. The Hall–Kier alpha value is -6.81. The van der Waals surface area contributed by atoms with Gasteiger partial charge in [0, 0.05) is 28.6 Å². The molecule has 9 aromatic carbocycles. The molecule has 2 aromatic heterocycles. The standard InChI is InChI=1S/C28H37O2.C17H14O2.C10H10N2O2.2C9H10O2.C9H9O2.C6H8N2O2.CO2.9Li.H2O/c1-4-5-6-10-17-28(18-11-8-7-9-12-27(29)30)25-19-21(2)13-15-23(25)24-16-14-22(3)20-26(24)28;1-10-13-5-3-4-6-14(13)11(2)16-9-12(17(18)19)7-8-15(10)16;1-5-3-7(10(13)14)6(2)9-8(5)11-4-12-9;1-6-3-7(2)5-8(4-6)9(10)11;1-6-3-4-8(9(10)11)5-7(6)2;1-6-3-4-7(2)8(5-6)9(10)11;1-3-5(6(9)10)8-4(2)7-3;2-1-3;;;;;;;;;;/h13-16,19-20H,1,4-12,17-18H2,2-3H3,(H,29,30);3-9H,1-2H3,(H,18,19);3-4H,1-2H3,(H,11,12)(H,13,14);2*3-5H,1-2H3,(H,10,11);4-5H,1-2H3,(H,10,11);1-2H3,(H,7,8)(H,9,10);;;;;;;;;;;1H2/q-1;;;;;-1;;;9*+1;/p-8. The number of aromatic nitrogens is 4. The Bertz CT molecular complexity index is 5110. The zero-order valence-corrected chi connectivity index (χ0v) is 73.6. The van der Waals surface area contributed by atoms with E-state index in [1.54, 1.807) is 102 Å². The number of hydrogen-bond donors (Lipinski definition) is 2. The molecule has 1 aliphatic carbocycles. The van der Waals surface area contributed by atoms with Crippen molar-refractivity contribution in [3.05, 3.63) is 276 Å². The Morgan fingerprint density at radius 2 is 0.899 bits per heavy atom. The predicted molar refractivity (Wildman–Crippen MR) is 407 cm³/mol. The van der Waals surface area contributed by atoms with Crippen LogP contribution in [0.15, 0.2) is 140 Å². The molecule has 3 N–H and O–H groups in total. The molecule has 119 heavy (non-hydrogen) atoms. The van der Waals surface area contributed by atoms with E-state index in [-0.39, 0.29) is 227 Å². The summed E-state index contributed by atoms with van der Waals surface area (Å²) in [7, 11) is 0. The summed E-state index contributed by atoms with van der Waals surface area (Å²) in [5.41, 5.74) is 21.2. The van der Waals surface area contributed by atoms with E-state index >= 15 is 0 Å². The second-order valence-electron chi connectivity index (χ2n) is 27.2. The van der Waals surface area contributed by atoms with E-state index < -0.39 is 41.8 Å². The minimum absolute atomic E-state index is 0. The third kappa shape index (κ3) is 35.9. The average Bonchev–Trinajstić information content (AvgIpc) is 1.57. The first kappa shape index (κ1) is 123. The first-order chi connectivity index (χ1) is 51.5. The molecule has 0 fully saturated rings. The molecule has 0 amide bonds. The van der Waals surface area contributed by atoms with E-state index in [1.807, 2.05) is 65.8 Å². The van der Waals surface area contributed by atoms with Crippen LogP contribution >= 0.6 is 0 Å². The van der Waals surface area contributed by atoms with E-state index in [9.17, 15) is 69.3 Å². The smallest absolute Gasteiger partial charge is 0.870 e. The van der Waals surface area contributed by atoms with Crippen LogP contribution in [0.3, 0.4) is 0 Å². The van der Waals surface area contributed by atoms with Gasteiger partial charge in [0.1, 0.15) is 11.5 Å². The van der Waals surface area contributed by atoms with E-state index in [0.717, 1.165) is 99.3 Å². The summed E-state index contributed by atoms with van der Waals surface area (Å²) in [4.78, 5) is 104. The molecule has 21 nitrogen and oxygen atoms in total. The molecule has 0 unspecified atom stereocenters. The topological polar surface area (TPSA) is 402 Å². The van der Waals surface area contributed by atoms with Crippen molar-refractivity contribution in [1.82, 2.24) is 19.9 Å². The fourth-order valence-electron chi connectivity index (χ4n) is 13.2. The van der Waals surface area contributed by atoms with Gasteiger partial charge in [-0.25, -0.2) is 9.97 Å². The minimum atomic E-state index is -1.23. The molecule has 0 aliphatic heterocycles. The molecular formula is C89H92Li9N4O17-. The predicted octanol–water partition coefficient (Wildman–Crippen LogP) is -16.6. The van der Waals surface area contributed by atoms with Crippen molar-refractivity contribution in [2.75, 3.05) is 0 Å². The second kappa shape index (κ2) is 59.8. The van der Waals surface area contributed by atoms with Crippen LogP contribution in [0.2, 0.25) is 0 Å². The van der Waals surface area contributed by atoms with Crippen LogP contribution in [-0.4, -0.2) is 73.3 Å². The van der Waals surface area contributed by atoms with Crippen molar-refractivity contribution in [3.63, 3.8) is 0 Å². The van der Waals surface area contributed by atoms with Crippen molar-refractivity contribution in [2.24, 2.45) is 0 Å². The van der Waals surface area contributed by atoms with Gasteiger partial charge in [-0.05, 0) is 221 Å². The van der Waals surface area contributed by atoms with Crippen LogP contribution in [-0.2, 0) is 19.8 Å². The first-order valence-electron chi connectivity index (χ1n) is 35.5. The molecule has 0 saturated carbocycles. The Morgan fingerprint density at radius 3 is 1.33 bits per heavy atom. The van der Waals surface area contributed by atoms with Crippen molar-refractivity contribution >= 4 is 80.5 Å². The molecule has 0 spiro atoms. The molecular weight excluding hydrogens is 1460 g/mol. The molecule has 0 bridgehead atoms. The molecule has 0 radical (unpaired) electrons. The van der Waals surface area contributed by atoms with Gasteiger partial charge in [-0.15, -0.1) is 5.56 Å². The number of carbonyl (C=O) groups is 7. The Balaban J connectivity index is -0.000000318. The van der Waals surface area contributed by atoms with Gasteiger partial charge < -0.3 is 91.7 Å². The fraction of sp³-hybridized carbons (Fsp3) is 0.292. The SMILES string of the molecule is Cc1[c-]cc(C)c(C(=O)[O-])c1.Cc1c2ccccc2c(C)c2cc(C(=O)[O-])ccc12.Cc1cc(C(=O)[O-])c(C)c2[nH]cnc12.Cc1cc(C)cc(C(=O)[O-])c1.Cc1ccc(C(=O)[O-])cc1C.Cc1nc(C(=O)[O-])c(C)[nH]1.O=C=O.[CH2-]CCCCCC1(CCCCCCC(=O)[O-])c2cc(C)ccc2-c2ccc(C)cc21.[Li+].[Li+].[Li+].[Li+].[Li+].[Li+].[Li+].[Li+].[Li+].[OH-]. The van der Waals surface area contributed by atoms with Gasteiger partial charge in [0.15, 0.2) is 0 Å². The van der Waals surface area contributed by atoms with E-state index in [1.165, 1.54) is 75.4 Å². The number of nitrogens with zero attached hydrogens (tertiary/aromatic N) is 2. The molecule has 0 atom stereocenters. The van der Waals surface area contributed by atoms with Crippen molar-refractivity contribution in [1.29, 1.82) is 0 Å². The summed E-state index contributed by atoms with van der Waals surface area (Å²) >= 11 is 0. The number of nitrogens with one attached hydrogen (secondary N) is 2. The van der Waals surface area contributed by atoms with E-state index in [2.05, 4.69) is 102 Å². The van der Waals surface area contributed by atoms with E-state index in [0.29, 0.717) is 22.6 Å². The maximum absolute atomic E-state index is 11.0. The van der Waals surface area contributed by atoms with Gasteiger partial charge in [-0.2, -0.15) is 45.3 Å². The van der Waals surface area contributed by atoms with Gasteiger partial charge in [0.05, 0.1) is 47.2 Å². The number of H-pyrrole nitrogens is 2. The summed E-state index contributed by atoms with van der Waals surface area (Å²) in [6.07, 6.45) is 12.9. The number of carbonyl (C=O) groups excluding carboxylic acids is 9. The molecule has 0 saturated heterocycles. The minimum Gasteiger partial charge on any atom is -0.870 e. The average molecular weight is 1550 g/mol. The summed E-state index contributed by atoms with van der Waals surface area (Å²) in [5.74, 6) is -7.21. The Kier molecular flexibility index (Phi) is 61.9. The molecule has 2 heterocycles. The fourth-order valence-corrected chi connectivity index (χ4v) is 13.2. The number of carboxylic acids is 7. The third-order valence-corrected chi connectivity index (χ3v) is 18.8. The number of fused-ring (bicyclic) bond motifs is 6. The summed E-state index contributed by atoms with van der Waals surface area (Å²) in [6.45, 7) is 30.5. The number of rotatable bonds is 18. The van der Waals surface area contributed by atoms with Crippen molar-refractivity contribution < 1.29 is 254 Å². The van der Waals surface area contributed by atoms with Gasteiger partial charge in [0.25, 0.3) is 0 Å².